The summed E-state index contributed by atoms with van der Waals surface area (Å²) in [4.78, 5) is 12.3. The molecule has 0 aliphatic carbocycles. The Bertz CT molecular complexity index is 540. The topological polar surface area (TPSA) is 65.4 Å². The summed E-state index contributed by atoms with van der Waals surface area (Å²) < 4.78 is 5.64. The van der Waals surface area contributed by atoms with E-state index in [1.807, 2.05) is 5.01 Å². The van der Waals surface area contributed by atoms with E-state index in [4.69, 9.17) is 10.00 Å². The van der Waals surface area contributed by atoms with Crippen molar-refractivity contribution < 1.29 is 9.53 Å². The number of hydrazine groups is 1. The van der Waals surface area contributed by atoms with E-state index in [2.05, 4.69) is 25.3 Å². The maximum atomic E-state index is 12.3. The maximum absolute atomic E-state index is 12.3. The van der Waals surface area contributed by atoms with Crippen LogP contribution < -0.4 is 10.2 Å². The van der Waals surface area contributed by atoms with E-state index >= 15 is 0 Å². The molecule has 1 saturated heterocycles. The standard InChI is InChI=1S/C17H23N3O2/c1-12-5-4-6-13(2)20(12)19-17(21)14(3)22-16-9-7-15(11-18)8-10-16/h7-10,12-14H,4-6H2,1-3H3,(H,19,21)/t12-,13-,14+/m1/s1. The van der Waals surface area contributed by atoms with Crippen LogP contribution in [0.15, 0.2) is 24.3 Å². The fourth-order valence-electron chi connectivity index (χ4n) is 2.73. The molecular weight excluding hydrogens is 278 g/mol. The van der Waals surface area contributed by atoms with Gasteiger partial charge in [0.25, 0.3) is 5.91 Å². The number of hydrogen-bond donors (Lipinski definition) is 1. The van der Waals surface area contributed by atoms with Gasteiger partial charge in [0.2, 0.25) is 0 Å². The zero-order chi connectivity index (χ0) is 16.1. The van der Waals surface area contributed by atoms with Crippen molar-refractivity contribution in [3.05, 3.63) is 29.8 Å². The molecule has 1 amide bonds. The van der Waals surface area contributed by atoms with E-state index < -0.39 is 6.10 Å². The fourth-order valence-corrected chi connectivity index (χ4v) is 2.73. The zero-order valence-corrected chi connectivity index (χ0v) is 13.4. The van der Waals surface area contributed by atoms with E-state index in [0.717, 1.165) is 12.8 Å². The van der Waals surface area contributed by atoms with E-state index in [0.29, 0.717) is 23.4 Å². The van der Waals surface area contributed by atoms with Crippen molar-refractivity contribution in [2.45, 2.75) is 58.2 Å². The first-order valence-electron chi connectivity index (χ1n) is 7.77. The first-order valence-corrected chi connectivity index (χ1v) is 7.77. The Morgan fingerprint density at radius 3 is 2.45 bits per heavy atom. The van der Waals surface area contributed by atoms with Crippen LogP contribution >= 0.6 is 0 Å². The van der Waals surface area contributed by atoms with Gasteiger partial charge in [0.1, 0.15) is 5.75 Å². The summed E-state index contributed by atoms with van der Waals surface area (Å²) >= 11 is 0. The summed E-state index contributed by atoms with van der Waals surface area (Å²) in [7, 11) is 0. The average molecular weight is 301 g/mol. The van der Waals surface area contributed by atoms with Crippen molar-refractivity contribution in [1.29, 1.82) is 5.26 Å². The van der Waals surface area contributed by atoms with Gasteiger partial charge in [0.05, 0.1) is 11.6 Å². The SMILES string of the molecule is C[C@H](Oc1ccc(C#N)cc1)C(=O)NN1[C@H](C)CCC[C@H]1C. The Hall–Kier alpha value is -2.06. The minimum absolute atomic E-state index is 0.148. The third-order valence-electron chi connectivity index (χ3n) is 4.10. The molecule has 3 atom stereocenters. The first kappa shape index (κ1) is 16.3. The molecule has 1 aromatic carbocycles. The minimum atomic E-state index is -0.589. The Morgan fingerprint density at radius 1 is 1.32 bits per heavy atom. The normalized spacial score (nSPS) is 23.4. The number of nitrogens with zero attached hydrogens (tertiary/aromatic N) is 2. The third kappa shape index (κ3) is 3.99. The molecule has 1 fully saturated rings. The van der Waals surface area contributed by atoms with Crippen LogP contribution in [0.4, 0.5) is 0 Å². The quantitative estimate of drug-likeness (QED) is 0.928. The second-order valence-corrected chi connectivity index (χ2v) is 5.91. The van der Waals surface area contributed by atoms with Crippen LogP contribution in [-0.2, 0) is 4.79 Å². The highest BCUT2D eigenvalue weighted by molar-refractivity contribution is 5.80. The molecule has 5 heteroatoms. The highest BCUT2D eigenvalue weighted by atomic mass is 16.5. The Kier molecular flexibility index (Phi) is 5.40. The molecule has 1 aliphatic rings. The van der Waals surface area contributed by atoms with Crippen molar-refractivity contribution in [1.82, 2.24) is 10.4 Å². The molecule has 0 aromatic heterocycles. The van der Waals surface area contributed by atoms with E-state index in [-0.39, 0.29) is 5.91 Å². The molecular formula is C17H23N3O2. The number of amides is 1. The molecule has 0 unspecified atom stereocenters. The number of carbonyl (C=O) groups excluding carboxylic acids is 1. The number of nitrogens with one attached hydrogen (secondary N) is 1. The first-order chi connectivity index (χ1) is 10.5. The number of nitriles is 1. The number of carbonyl (C=O) groups is 1. The number of benzene rings is 1. The number of hydrogen-bond acceptors (Lipinski definition) is 4. The molecule has 0 spiro atoms. The number of ether oxygens (including phenoxy) is 1. The van der Waals surface area contributed by atoms with Crippen LogP contribution in [-0.4, -0.2) is 29.1 Å². The summed E-state index contributed by atoms with van der Waals surface area (Å²) in [5.41, 5.74) is 3.55. The third-order valence-corrected chi connectivity index (χ3v) is 4.10. The summed E-state index contributed by atoms with van der Waals surface area (Å²) in [5, 5.41) is 10.8. The Labute approximate surface area is 131 Å². The zero-order valence-electron chi connectivity index (χ0n) is 13.4. The number of piperidine rings is 1. The van der Waals surface area contributed by atoms with Crippen molar-refractivity contribution in [2.24, 2.45) is 0 Å². The average Bonchev–Trinajstić information content (AvgIpc) is 2.51. The highest BCUT2D eigenvalue weighted by Gasteiger charge is 2.28. The van der Waals surface area contributed by atoms with Gasteiger partial charge in [-0.2, -0.15) is 5.26 Å². The maximum Gasteiger partial charge on any atom is 0.275 e. The molecule has 1 aliphatic heterocycles. The molecule has 2 rings (SSSR count). The largest absolute Gasteiger partial charge is 0.481 e. The van der Waals surface area contributed by atoms with E-state index in [9.17, 15) is 4.79 Å². The molecule has 0 radical (unpaired) electrons. The predicted molar refractivity (Wildman–Crippen MR) is 84.0 cm³/mol. The van der Waals surface area contributed by atoms with Crippen molar-refractivity contribution >= 4 is 5.91 Å². The predicted octanol–water partition coefficient (Wildman–Crippen LogP) is 2.62. The molecule has 1 N–H and O–H groups in total. The van der Waals surface area contributed by atoms with Crippen LogP contribution in [0.5, 0.6) is 5.75 Å². The van der Waals surface area contributed by atoms with Gasteiger partial charge in [-0.3, -0.25) is 10.2 Å². The van der Waals surface area contributed by atoms with Gasteiger partial charge < -0.3 is 4.74 Å². The number of rotatable bonds is 4. The lowest BCUT2D eigenvalue weighted by molar-refractivity contribution is -0.135. The van der Waals surface area contributed by atoms with Crippen molar-refractivity contribution in [3.8, 4) is 11.8 Å². The minimum Gasteiger partial charge on any atom is -0.481 e. The molecule has 118 valence electrons. The Morgan fingerprint density at radius 2 is 1.91 bits per heavy atom. The molecule has 1 heterocycles. The van der Waals surface area contributed by atoms with Gasteiger partial charge in [-0.1, -0.05) is 6.42 Å². The monoisotopic (exact) mass is 301 g/mol. The molecule has 0 bridgehead atoms. The van der Waals surface area contributed by atoms with Crippen molar-refractivity contribution in [3.63, 3.8) is 0 Å². The molecule has 22 heavy (non-hydrogen) atoms. The van der Waals surface area contributed by atoms with Crippen LogP contribution in [0.2, 0.25) is 0 Å². The van der Waals surface area contributed by atoms with E-state index in [1.54, 1.807) is 31.2 Å². The van der Waals surface area contributed by atoms with Gasteiger partial charge in [0, 0.05) is 12.1 Å². The van der Waals surface area contributed by atoms with Crippen LogP contribution in [0.3, 0.4) is 0 Å². The van der Waals surface area contributed by atoms with Gasteiger partial charge >= 0.3 is 0 Å². The fraction of sp³-hybridized carbons (Fsp3) is 0.529. The summed E-state index contributed by atoms with van der Waals surface area (Å²) in [6.45, 7) is 5.98. The lowest BCUT2D eigenvalue weighted by Gasteiger charge is -2.39. The highest BCUT2D eigenvalue weighted by Crippen LogP contribution is 2.20. The van der Waals surface area contributed by atoms with Crippen LogP contribution in [0.1, 0.15) is 45.6 Å². The molecule has 0 saturated carbocycles. The van der Waals surface area contributed by atoms with Crippen LogP contribution in [0.25, 0.3) is 0 Å². The second kappa shape index (κ2) is 7.28. The summed E-state index contributed by atoms with van der Waals surface area (Å²) in [6, 6.07) is 9.49. The summed E-state index contributed by atoms with van der Waals surface area (Å²) in [5.74, 6) is 0.436. The van der Waals surface area contributed by atoms with Crippen molar-refractivity contribution in [2.75, 3.05) is 0 Å². The van der Waals surface area contributed by atoms with E-state index in [1.165, 1.54) is 6.42 Å². The van der Waals surface area contributed by atoms with Gasteiger partial charge in [-0.05, 0) is 57.9 Å². The van der Waals surface area contributed by atoms with Gasteiger partial charge in [0.15, 0.2) is 6.10 Å². The Balaban J connectivity index is 1.92. The molecule has 1 aromatic rings. The lowest BCUT2D eigenvalue weighted by Crippen LogP contribution is -2.56. The van der Waals surface area contributed by atoms with Gasteiger partial charge in [-0.15, -0.1) is 0 Å². The smallest absolute Gasteiger partial charge is 0.275 e. The summed E-state index contributed by atoms with van der Waals surface area (Å²) in [6.07, 6.45) is 2.80. The van der Waals surface area contributed by atoms with Crippen LogP contribution in [0, 0.1) is 11.3 Å². The molecule has 5 nitrogen and oxygen atoms in total. The van der Waals surface area contributed by atoms with Gasteiger partial charge in [-0.25, -0.2) is 5.01 Å². The lowest BCUT2D eigenvalue weighted by atomic mass is 10.00. The second-order valence-electron chi connectivity index (χ2n) is 5.91.